The van der Waals surface area contributed by atoms with Gasteiger partial charge in [-0.25, -0.2) is 4.79 Å². The highest BCUT2D eigenvalue weighted by Crippen LogP contribution is 2.20. The van der Waals surface area contributed by atoms with Gasteiger partial charge in [0.05, 0.1) is 11.3 Å². The highest BCUT2D eigenvalue weighted by molar-refractivity contribution is 6.06. The number of carbonyl (C=O) groups is 3. The van der Waals surface area contributed by atoms with Crippen molar-refractivity contribution >= 4 is 28.4 Å². The number of hydrogen-bond donors (Lipinski definition) is 2. The molecule has 0 saturated heterocycles. The van der Waals surface area contributed by atoms with Gasteiger partial charge in [-0.15, -0.1) is 0 Å². The number of para-hydroxylation sites is 1. The number of fused-ring (bicyclic) bond motifs is 1. The van der Waals surface area contributed by atoms with Crippen molar-refractivity contribution in [1.29, 1.82) is 0 Å². The average Bonchev–Trinajstić information content (AvgIpc) is 2.93. The molecule has 2 heterocycles. The van der Waals surface area contributed by atoms with E-state index in [9.17, 15) is 19.2 Å². The van der Waals surface area contributed by atoms with Gasteiger partial charge in [0.15, 0.2) is 12.4 Å². The van der Waals surface area contributed by atoms with Crippen LogP contribution in [0.3, 0.4) is 0 Å². The van der Waals surface area contributed by atoms with Crippen LogP contribution in [-0.4, -0.2) is 34.1 Å². The van der Waals surface area contributed by atoms with E-state index in [-0.39, 0.29) is 17.0 Å². The van der Waals surface area contributed by atoms with Gasteiger partial charge in [-0.1, -0.05) is 18.2 Å². The summed E-state index contributed by atoms with van der Waals surface area (Å²) in [6.45, 7) is 4.29. The van der Waals surface area contributed by atoms with E-state index in [1.54, 1.807) is 38.1 Å². The molecule has 0 saturated carbocycles. The largest absolute Gasteiger partial charge is 0.454 e. The minimum Gasteiger partial charge on any atom is -0.454 e. The van der Waals surface area contributed by atoms with E-state index in [4.69, 9.17) is 4.74 Å². The van der Waals surface area contributed by atoms with Crippen molar-refractivity contribution in [2.75, 3.05) is 6.61 Å². The highest BCUT2D eigenvalue weighted by atomic mass is 16.5. The molecule has 0 aliphatic heterocycles. The van der Waals surface area contributed by atoms with Gasteiger partial charge in [0, 0.05) is 28.2 Å². The maximum Gasteiger partial charge on any atom is 0.339 e. The van der Waals surface area contributed by atoms with Gasteiger partial charge >= 0.3 is 5.97 Å². The molecule has 0 spiro atoms. The second kappa shape index (κ2) is 7.03. The van der Waals surface area contributed by atoms with Gasteiger partial charge in [0.25, 0.3) is 0 Å². The lowest BCUT2D eigenvalue weighted by Gasteiger charge is -2.07. The standard InChI is InChI=1S/C20H18N2O5/c1-10-18(12(3)23)11(2)21-19(10)16(24)9-27-20(26)14-8-17(25)22-15-7-5-4-6-13(14)15/h4-8,21H,9H2,1-3H3,(H,22,25). The number of pyridine rings is 1. The van der Waals surface area contributed by atoms with Crippen LogP contribution in [0.4, 0.5) is 0 Å². The van der Waals surface area contributed by atoms with Crippen LogP contribution in [0, 0.1) is 13.8 Å². The summed E-state index contributed by atoms with van der Waals surface area (Å²) >= 11 is 0. The maximum absolute atomic E-state index is 12.4. The zero-order chi connectivity index (χ0) is 19.7. The number of aryl methyl sites for hydroxylation is 1. The van der Waals surface area contributed by atoms with Gasteiger partial charge < -0.3 is 14.7 Å². The number of benzene rings is 1. The first-order valence-electron chi connectivity index (χ1n) is 8.32. The van der Waals surface area contributed by atoms with E-state index < -0.39 is 23.9 Å². The van der Waals surface area contributed by atoms with E-state index in [0.717, 1.165) is 6.07 Å². The van der Waals surface area contributed by atoms with Crippen LogP contribution in [0.25, 0.3) is 10.9 Å². The van der Waals surface area contributed by atoms with Crippen molar-refractivity contribution in [3.05, 3.63) is 68.8 Å². The molecule has 2 aromatic heterocycles. The number of carbonyl (C=O) groups excluding carboxylic acids is 3. The molecule has 0 unspecified atom stereocenters. The lowest BCUT2D eigenvalue weighted by molar-refractivity contribution is 0.0475. The third kappa shape index (κ3) is 3.44. The van der Waals surface area contributed by atoms with E-state index >= 15 is 0 Å². The molecule has 0 bridgehead atoms. The Balaban J connectivity index is 1.83. The summed E-state index contributed by atoms with van der Waals surface area (Å²) < 4.78 is 5.13. The molecule has 0 atom stereocenters. The van der Waals surface area contributed by atoms with Crippen LogP contribution in [0.2, 0.25) is 0 Å². The summed E-state index contributed by atoms with van der Waals surface area (Å²) in [7, 11) is 0. The Kier molecular flexibility index (Phi) is 4.77. The number of esters is 1. The van der Waals surface area contributed by atoms with Gasteiger partial charge in [0.1, 0.15) is 0 Å². The number of hydrogen-bond acceptors (Lipinski definition) is 5. The third-order valence-electron chi connectivity index (χ3n) is 4.37. The second-order valence-corrected chi connectivity index (χ2v) is 6.27. The zero-order valence-electron chi connectivity index (χ0n) is 15.1. The molecule has 3 rings (SSSR count). The summed E-state index contributed by atoms with van der Waals surface area (Å²) in [5.41, 5.74) is 1.98. The minimum absolute atomic E-state index is 0.0889. The predicted molar refractivity (Wildman–Crippen MR) is 99.5 cm³/mol. The molecule has 0 aliphatic rings. The number of H-pyrrole nitrogens is 2. The molecule has 138 valence electrons. The van der Waals surface area contributed by atoms with E-state index in [1.165, 1.54) is 6.92 Å². The SMILES string of the molecule is CC(=O)c1c(C)[nH]c(C(=O)COC(=O)c2cc(=O)[nH]c3ccccc23)c1C. The van der Waals surface area contributed by atoms with Crippen molar-refractivity contribution in [3.8, 4) is 0 Å². The fraction of sp³-hybridized carbons (Fsp3) is 0.200. The van der Waals surface area contributed by atoms with Crippen molar-refractivity contribution < 1.29 is 19.1 Å². The van der Waals surface area contributed by atoms with Gasteiger partial charge in [-0.2, -0.15) is 0 Å². The molecule has 2 N–H and O–H groups in total. The fourth-order valence-corrected chi connectivity index (χ4v) is 3.21. The number of nitrogens with one attached hydrogen (secondary N) is 2. The maximum atomic E-state index is 12.4. The average molecular weight is 366 g/mol. The van der Waals surface area contributed by atoms with Crippen molar-refractivity contribution in [1.82, 2.24) is 9.97 Å². The summed E-state index contributed by atoms with van der Waals surface area (Å²) in [6.07, 6.45) is 0. The van der Waals surface area contributed by atoms with Gasteiger partial charge in [0.2, 0.25) is 11.3 Å². The number of aromatic nitrogens is 2. The van der Waals surface area contributed by atoms with E-state index in [1.807, 2.05) is 0 Å². The summed E-state index contributed by atoms with van der Waals surface area (Å²) in [5, 5.41) is 0.528. The molecule has 7 nitrogen and oxygen atoms in total. The Hall–Kier alpha value is -3.48. The van der Waals surface area contributed by atoms with Crippen molar-refractivity contribution in [2.45, 2.75) is 20.8 Å². The molecule has 0 amide bonds. The van der Waals surface area contributed by atoms with Crippen LogP contribution < -0.4 is 5.56 Å². The predicted octanol–water partition coefficient (Wildman–Crippen LogP) is 2.72. The molecular formula is C20H18N2O5. The third-order valence-corrected chi connectivity index (χ3v) is 4.37. The van der Waals surface area contributed by atoms with Crippen molar-refractivity contribution in [2.24, 2.45) is 0 Å². The Morgan fingerprint density at radius 3 is 2.44 bits per heavy atom. The highest BCUT2D eigenvalue weighted by Gasteiger charge is 2.21. The first-order valence-corrected chi connectivity index (χ1v) is 8.32. The smallest absolute Gasteiger partial charge is 0.339 e. The van der Waals surface area contributed by atoms with Crippen molar-refractivity contribution in [3.63, 3.8) is 0 Å². The minimum atomic E-state index is -0.765. The molecular weight excluding hydrogens is 348 g/mol. The monoisotopic (exact) mass is 366 g/mol. The number of rotatable bonds is 5. The quantitative estimate of drug-likeness (QED) is 0.533. The van der Waals surface area contributed by atoms with Crippen LogP contribution in [0.1, 0.15) is 49.4 Å². The van der Waals surface area contributed by atoms with Crippen LogP contribution >= 0.6 is 0 Å². The fourth-order valence-electron chi connectivity index (χ4n) is 3.21. The summed E-state index contributed by atoms with van der Waals surface area (Å²) in [4.78, 5) is 53.8. The molecule has 0 aliphatic carbocycles. The van der Waals surface area contributed by atoms with E-state index in [0.29, 0.717) is 27.7 Å². The van der Waals surface area contributed by atoms with Gasteiger partial charge in [-0.05, 0) is 32.4 Å². The van der Waals surface area contributed by atoms with Gasteiger partial charge in [-0.3, -0.25) is 14.4 Å². The summed E-state index contributed by atoms with van der Waals surface area (Å²) in [5.74, 6) is -1.36. The molecule has 3 aromatic rings. The number of ketones is 2. The number of Topliss-reactive ketones (excluding diaryl/α,β-unsaturated/α-hetero) is 2. The van der Waals surface area contributed by atoms with Crippen LogP contribution in [-0.2, 0) is 4.74 Å². The molecule has 1 aromatic carbocycles. The normalized spacial score (nSPS) is 10.8. The Morgan fingerprint density at radius 1 is 1.07 bits per heavy atom. The topological polar surface area (TPSA) is 109 Å². The lowest BCUT2D eigenvalue weighted by Crippen LogP contribution is -2.18. The molecule has 27 heavy (non-hydrogen) atoms. The van der Waals surface area contributed by atoms with Crippen LogP contribution in [0.15, 0.2) is 35.1 Å². The number of ether oxygens (including phenoxy) is 1. The zero-order valence-corrected chi connectivity index (χ0v) is 15.1. The Morgan fingerprint density at radius 2 is 1.78 bits per heavy atom. The first-order chi connectivity index (χ1) is 12.8. The number of aromatic amines is 2. The Bertz CT molecular complexity index is 1140. The molecule has 0 radical (unpaired) electrons. The molecule has 0 fully saturated rings. The molecule has 7 heteroatoms. The second-order valence-electron chi connectivity index (χ2n) is 6.27. The Labute approximate surface area is 154 Å². The van der Waals surface area contributed by atoms with Crippen LogP contribution in [0.5, 0.6) is 0 Å². The summed E-state index contributed by atoms with van der Waals surface area (Å²) in [6, 6.07) is 7.97. The lowest BCUT2D eigenvalue weighted by atomic mass is 10.1. The first kappa shape index (κ1) is 18.3. The van der Waals surface area contributed by atoms with E-state index in [2.05, 4.69) is 9.97 Å².